The number of aliphatic imine (C=N–C) groups is 1. The molecule has 0 atom stereocenters. The van der Waals surface area contributed by atoms with Crippen molar-refractivity contribution < 1.29 is 4.74 Å². The molecule has 0 amide bonds. The van der Waals surface area contributed by atoms with Gasteiger partial charge in [0.05, 0.1) is 6.54 Å². The third kappa shape index (κ3) is 8.53. The minimum absolute atomic E-state index is 0. The molecule has 0 spiro atoms. The van der Waals surface area contributed by atoms with E-state index in [2.05, 4.69) is 58.9 Å². The van der Waals surface area contributed by atoms with Crippen LogP contribution >= 0.6 is 24.0 Å². The van der Waals surface area contributed by atoms with Crippen LogP contribution in [0.2, 0.25) is 0 Å². The molecule has 0 saturated heterocycles. The molecule has 0 aliphatic rings. The molecule has 2 N–H and O–H groups in total. The molecule has 0 aliphatic carbocycles. The fourth-order valence-corrected chi connectivity index (χ4v) is 2.46. The van der Waals surface area contributed by atoms with Crippen LogP contribution in [-0.2, 0) is 13.1 Å². The van der Waals surface area contributed by atoms with Crippen LogP contribution < -0.4 is 15.4 Å². The minimum atomic E-state index is 0. The quantitative estimate of drug-likeness (QED) is 0.271. The summed E-state index contributed by atoms with van der Waals surface area (Å²) >= 11 is 0. The number of nitrogens with zero attached hydrogens (tertiary/aromatic N) is 2. The van der Waals surface area contributed by atoms with Crippen LogP contribution in [0.25, 0.3) is 0 Å². The van der Waals surface area contributed by atoms with Crippen molar-refractivity contribution in [1.82, 2.24) is 15.5 Å². The van der Waals surface area contributed by atoms with Crippen LogP contribution in [0.1, 0.15) is 11.1 Å². The van der Waals surface area contributed by atoms with Crippen molar-refractivity contribution >= 4 is 29.9 Å². The number of ether oxygens (including phenoxy) is 1. The van der Waals surface area contributed by atoms with Crippen LogP contribution in [0.3, 0.4) is 0 Å². The second-order valence-corrected chi connectivity index (χ2v) is 6.07. The number of hydrogen-bond acceptors (Lipinski definition) is 3. The largest absolute Gasteiger partial charge is 0.492 e. The number of para-hydroxylation sites is 1. The van der Waals surface area contributed by atoms with Gasteiger partial charge in [-0.25, -0.2) is 0 Å². The molecule has 0 bridgehead atoms. The molecule has 0 heterocycles. The van der Waals surface area contributed by atoms with Gasteiger partial charge in [0.2, 0.25) is 0 Å². The average Bonchev–Trinajstić information content (AvgIpc) is 2.62. The monoisotopic (exact) mass is 468 g/mol. The molecule has 0 saturated carbocycles. The first kappa shape index (κ1) is 22.2. The number of rotatable bonds is 8. The minimum Gasteiger partial charge on any atom is -0.492 e. The zero-order chi connectivity index (χ0) is 17.9. The SMILES string of the molecule is CN=C(NCCOc1ccccc1)NCc1cccc(CN(C)C)c1.I. The fraction of sp³-hybridized carbons (Fsp3) is 0.350. The lowest BCUT2D eigenvalue weighted by Gasteiger charge is -2.14. The van der Waals surface area contributed by atoms with E-state index in [4.69, 9.17) is 4.74 Å². The molecule has 0 aromatic heterocycles. The van der Waals surface area contributed by atoms with Crippen LogP contribution in [0.4, 0.5) is 0 Å². The Balaban J connectivity index is 0.00000338. The van der Waals surface area contributed by atoms with Gasteiger partial charge >= 0.3 is 0 Å². The van der Waals surface area contributed by atoms with Gasteiger partial charge in [-0.2, -0.15) is 0 Å². The van der Waals surface area contributed by atoms with Gasteiger partial charge in [-0.05, 0) is 37.4 Å². The summed E-state index contributed by atoms with van der Waals surface area (Å²) in [5, 5.41) is 6.60. The van der Waals surface area contributed by atoms with Gasteiger partial charge in [-0.1, -0.05) is 42.5 Å². The smallest absolute Gasteiger partial charge is 0.191 e. The van der Waals surface area contributed by atoms with Crippen molar-refractivity contribution in [1.29, 1.82) is 0 Å². The summed E-state index contributed by atoms with van der Waals surface area (Å²) in [7, 11) is 5.93. The number of halogens is 1. The molecule has 26 heavy (non-hydrogen) atoms. The third-order valence-corrected chi connectivity index (χ3v) is 3.58. The van der Waals surface area contributed by atoms with Crippen LogP contribution in [0, 0.1) is 0 Å². The van der Waals surface area contributed by atoms with E-state index in [0.717, 1.165) is 24.8 Å². The van der Waals surface area contributed by atoms with Crippen LogP contribution in [0.5, 0.6) is 5.75 Å². The maximum absolute atomic E-state index is 5.67. The normalized spacial score (nSPS) is 11.0. The molecule has 0 fully saturated rings. The van der Waals surface area contributed by atoms with Gasteiger partial charge in [0, 0.05) is 20.1 Å². The van der Waals surface area contributed by atoms with Gasteiger partial charge in [0.15, 0.2) is 5.96 Å². The van der Waals surface area contributed by atoms with Gasteiger partial charge in [0.1, 0.15) is 12.4 Å². The summed E-state index contributed by atoms with van der Waals surface area (Å²) in [6.45, 7) is 2.95. The molecule has 2 aromatic carbocycles. The average molecular weight is 468 g/mol. The van der Waals surface area contributed by atoms with Crippen molar-refractivity contribution in [2.45, 2.75) is 13.1 Å². The first-order chi connectivity index (χ1) is 12.2. The summed E-state index contributed by atoms with van der Waals surface area (Å²) in [6.07, 6.45) is 0. The topological polar surface area (TPSA) is 48.9 Å². The second-order valence-electron chi connectivity index (χ2n) is 6.07. The predicted octanol–water partition coefficient (Wildman–Crippen LogP) is 3.11. The van der Waals surface area contributed by atoms with E-state index in [1.54, 1.807) is 7.05 Å². The molecule has 0 radical (unpaired) electrons. The number of benzene rings is 2. The lowest BCUT2D eigenvalue weighted by Crippen LogP contribution is -2.38. The van der Waals surface area contributed by atoms with E-state index in [9.17, 15) is 0 Å². The maximum atomic E-state index is 5.67. The second kappa shape index (κ2) is 12.5. The Morgan fingerprint density at radius 2 is 1.73 bits per heavy atom. The molecule has 142 valence electrons. The van der Waals surface area contributed by atoms with Crippen molar-refractivity contribution in [2.24, 2.45) is 4.99 Å². The van der Waals surface area contributed by atoms with E-state index in [1.807, 2.05) is 30.3 Å². The lowest BCUT2D eigenvalue weighted by atomic mass is 10.1. The summed E-state index contributed by atoms with van der Waals surface area (Å²) < 4.78 is 5.67. The van der Waals surface area contributed by atoms with E-state index < -0.39 is 0 Å². The van der Waals surface area contributed by atoms with E-state index >= 15 is 0 Å². The standard InChI is InChI=1S/C20H28N4O.HI/c1-21-20(22-12-13-25-19-10-5-4-6-11-19)23-15-17-8-7-9-18(14-17)16-24(2)3;/h4-11,14H,12-13,15-16H2,1-3H3,(H2,21,22,23);1H. The Bertz CT molecular complexity index is 662. The van der Waals surface area contributed by atoms with Crippen molar-refractivity contribution in [3.63, 3.8) is 0 Å². The molecule has 2 aromatic rings. The highest BCUT2D eigenvalue weighted by Crippen LogP contribution is 2.08. The van der Waals surface area contributed by atoms with Crippen LogP contribution in [-0.4, -0.2) is 45.2 Å². The zero-order valence-electron chi connectivity index (χ0n) is 15.7. The number of guanidine groups is 1. The summed E-state index contributed by atoms with van der Waals surface area (Å²) in [5.74, 6) is 1.65. The molecule has 5 nitrogen and oxygen atoms in total. The summed E-state index contributed by atoms with van der Waals surface area (Å²) in [6, 6.07) is 18.4. The Labute approximate surface area is 173 Å². The molecule has 0 unspecified atom stereocenters. The lowest BCUT2D eigenvalue weighted by molar-refractivity contribution is 0.322. The zero-order valence-corrected chi connectivity index (χ0v) is 18.1. The van der Waals surface area contributed by atoms with Gasteiger partial charge in [0.25, 0.3) is 0 Å². The first-order valence-corrected chi connectivity index (χ1v) is 8.52. The highest BCUT2D eigenvalue weighted by molar-refractivity contribution is 14.0. The first-order valence-electron chi connectivity index (χ1n) is 8.52. The highest BCUT2D eigenvalue weighted by Gasteiger charge is 2.01. The number of nitrogens with one attached hydrogen (secondary N) is 2. The Kier molecular flexibility index (Phi) is 10.7. The Morgan fingerprint density at radius 1 is 1.00 bits per heavy atom. The van der Waals surface area contributed by atoms with Crippen molar-refractivity contribution in [3.8, 4) is 5.75 Å². The molecular weight excluding hydrogens is 439 g/mol. The van der Waals surface area contributed by atoms with E-state index in [1.165, 1.54) is 11.1 Å². The number of hydrogen-bond donors (Lipinski definition) is 2. The molecule has 2 rings (SSSR count). The summed E-state index contributed by atoms with van der Waals surface area (Å²) in [4.78, 5) is 6.42. The molecule has 6 heteroatoms. The summed E-state index contributed by atoms with van der Waals surface area (Å²) in [5.41, 5.74) is 2.55. The van der Waals surface area contributed by atoms with Gasteiger partial charge in [-0.15, -0.1) is 24.0 Å². The van der Waals surface area contributed by atoms with Crippen molar-refractivity contribution in [3.05, 3.63) is 65.7 Å². The van der Waals surface area contributed by atoms with Crippen LogP contribution in [0.15, 0.2) is 59.6 Å². The maximum Gasteiger partial charge on any atom is 0.191 e. The Morgan fingerprint density at radius 3 is 2.42 bits per heavy atom. The van der Waals surface area contributed by atoms with Crippen molar-refractivity contribution in [2.75, 3.05) is 34.3 Å². The fourth-order valence-electron chi connectivity index (χ4n) is 2.46. The highest BCUT2D eigenvalue weighted by atomic mass is 127. The third-order valence-electron chi connectivity index (χ3n) is 3.58. The molecule has 0 aliphatic heterocycles. The Hall–Kier alpha value is -1.80. The van der Waals surface area contributed by atoms with Gasteiger partial charge in [-0.3, -0.25) is 4.99 Å². The molecular formula is C20H29IN4O. The van der Waals surface area contributed by atoms with E-state index in [-0.39, 0.29) is 24.0 Å². The van der Waals surface area contributed by atoms with E-state index in [0.29, 0.717) is 13.2 Å². The van der Waals surface area contributed by atoms with Gasteiger partial charge < -0.3 is 20.3 Å². The predicted molar refractivity (Wildman–Crippen MR) is 119 cm³/mol.